The number of rotatable bonds is 2. The van der Waals surface area contributed by atoms with E-state index in [1.807, 2.05) is 0 Å². The van der Waals surface area contributed by atoms with Crippen LogP contribution >= 0.6 is 12.2 Å². The molecule has 1 saturated heterocycles. The Bertz CT molecular complexity index is 487. The van der Waals surface area contributed by atoms with Crippen LogP contribution in [0.3, 0.4) is 0 Å². The van der Waals surface area contributed by atoms with Gasteiger partial charge in [-0.3, -0.25) is 4.57 Å². The number of piperazine rings is 1. The molecule has 1 aliphatic heterocycles. The van der Waals surface area contributed by atoms with E-state index in [0.29, 0.717) is 12.1 Å². The summed E-state index contributed by atoms with van der Waals surface area (Å²) < 4.78 is 3.05. The van der Waals surface area contributed by atoms with Gasteiger partial charge < -0.3 is 9.80 Å². The number of H-pyrrole nitrogens is 1. The van der Waals surface area contributed by atoms with Crippen LogP contribution in [0.4, 0.5) is 5.95 Å². The quantitative estimate of drug-likeness (QED) is 0.844. The van der Waals surface area contributed by atoms with Gasteiger partial charge in [-0.2, -0.15) is 0 Å². The molecule has 0 amide bonds. The SMILES string of the molecule is CC1CN(C)CCN1c1n[nH]c(=S)n1C1CCCC1. The van der Waals surface area contributed by atoms with Crippen molar-refractivity contribution in [1.29, 1.82) is 0 Å². The average Bonchev–Trinajstić information content (AvgIpc) is 2.98. The highest BCUT2D eigenvalue weighted by molar-refractivity contribution is 7.71. The topological polar surface area (TPSA) is 40.1 Å². The van der Waals surface area contributed by atoms with Crippen molar-refractivity contribution >= 4 is 18.2 Å². The summed E-state index contributed by atoms with van der Waals surface area (Å²) in [5.41, 5.74) is 0. The highest BCUT2D eigenvalue weighted by atomic mass is 32.1. The van der Waals surface area contributed by atoms with E-state index in [1.165, 1.54) is 25.7 Å². The molecule has 19 heavy (non-hydrogen) atoms. The van der Waals surface area contributed by atoms with Crippen LogP contribution in [0, 0.1) is 4.77 Å². The lowest BCUT2D eigenvalue weighted by Gasteiger charge is -2.39. The number of hydrogen-bond donors (Lipinski definition) is 1. The zero-order valence-corrected chi connectivity index (χ0v) is 12.6. The molecule has 1 N–H and O–H groups in total. The van der Waals surface area contributed by atoms with Crippen molar-refractivity contribution in [2.75, 3.05) is 31.6 Å². The summed E-state index contributed by atoms with van der Waals surface area (Å²) in [7, 11) is 2.18. The van der Waals surface area contributed by atoms with Crippen LogP contribution in [0.2, 0.25) is 0 Å². The van der Waals surface area contributed by atoms with E-state index >= 15 is 0 Å². The lowest BCUT2D eigenvalue weighted by Crippen LogP contribution is -2.51. The maximum Gasteiger partial charge on any atom is 0.226 e. The number of aromatic nitrogens is 3. The van der Waals surface area contributed by atoms with Crippen LogP contribution in [0.15, 0.2) is 0 Å². The molecule has 1 saturated carbocycles. The Kier molecular flexibility index (Phi) is 3.62. The number of hydrogen-bond acceptors (Lipinski definition) is 4. The Balaban J connectivity index is 1.90. The Labute approximate surface area is 119 Å². The second-order valence-corrected chi connectivity index (χ2v) is 6.33. The first kappa shape index (κ1) is 13.1. The van der Waals surface area contributed by atoms with Crippen molar-refractivity contribution in [2.45, 2.75) is 44.7 Å². The Morgan fingerprint density at radius 3 is 2.68 bits per heavy atom. The summed E-state index contributed by atoms with van der Waals surface area (Å²) in [6, 6.07) is 1.04. The zero-order valence-electron chi connectivity index (χ0n) is 11.8. The van der Waals surface area contributed by atoms with Crippen LogP contribution < -0.4 is 4.90 Å². The summed E-state index contributed by atoms with van der Waals surface area (Å²) in [5.74, 6) is 1.05. The minimum absolute atomic E-state index is 0.490. The third-order valence-electron chi connectivity index (χ3n) is 4.46. The molecule has 1 aromatic rings. The third-order valence-corrected chi connectivity index (χ3v) is 4.75. The minimum Gasteiger partial charge on any atom is -0.336 e. The predicted molar refractivity (Wildman–Crippen MR) is 79.2 cm³/mol. The van der Waals surface area contributed by atoms with E-state index in [0.717, 1.165) is 30.4 Å². The summed E-state index contributed by atoms with van der Waals surface area (Å²) in [6.45, 7) is 5.48. The second kappa shape index (κ2) is 5.25. The summed E-state index contributed by atoms with van der Waals surface area (Å²) in [5, 5.41) is 7.52. The van der Waals surface area contributed by atoms with Crippen molar-refractivity contribution in [2.24, 2.45) is 0 Å². The molecule has 1 aromatic heterocycles. The largest absolute Gasteiger partial charge is 0.336 e. The van der Waals surface area contributed by atoms with Gasteiger partial charge >= 0.3 is 0 Å². The molecule has 1 atom stereocenters. The van der Waals surface area contributed by atoms with E-state index in [1.54, 1.807) is 0 Å². The first-order valence-electron chi connectivity index (χ1n) is 7.29. The van der Waals surface area contributed by atoms with E-state index in [2.05, 4.69) is 38.5 Å². The highest BCUT2D eigenvalue weighted by Gasteiger charge is 2.28. The molecule has 2 aliphatic rings. The standard InChI is InChI=1S/C13H23N5S/c1-10-9-16(2)7-8-17(10)12-14-15-13(19)18(12)11-5-3-4-6-11/h10-11H,3-9H2,1-2H3,(H,15,19). The predicted octanol–water partition coefficient (Wildman–Crippen LogP) is 2.20. The van der Waals surface area contributed by atoms with Gasteiger partial charge in [-0.05, 0) is 39.0 Å². The number of likely N-dealkylation sites (N-methyl/N-ethyl adjacent to an activating group) is 1. The monoisotopic (exact) mass is 281 g/mol. The van der Waals surface area contributed by atoms with E-state index in [9.17, 15) is 0 Å². The molecule has 0 aromatic carbocycles. The molecule has 2 fully saturated rings. The molecule has 0 bridgehead atoms. The van der Waals surface area contributed by atoms with Crippen LogP contribution in [-0.2, 0) is 0 Å². The normalized spacial score (nSPS) is 26.2. The van der Waals surface area contributed by atoms with Gasteiger partial charge in [-0.25, -0.2) is 5.10 Å². The lowest BCUT2D eigenvalue weighted by molar-refractivity contribution is 0.271. The molecule has 106 valence electrons. The average molecular weight is 281 g/mol. The van der Waals surface area contributed by atoms with Gasteiger partial charge in [0.2, 0.25) is 5.95 Å². The van der Waals surface area contributed by atoms with Crippen molar-refractivity contribution in [1.82, 2.24) is 19.7 Å². The lowest BCUT2D eigenvalue weighted by atomic mass is 10.2. The number of nitrogens with zero attached hydrogens (tertiary/aromatic N) is 4. The van der Waals surface area contributed by atoms with Gasteiger partial charge in [0, 0.05) is 31.7 Å². The molecule has 0 spiro atoms. The summed E-state index contributed by atoms with van der Waals surface area (Å²) >= 11 is 5.45. The maximum absolute atomic E-state index is 5.45. The fraction of sp³-hybridized carbons (Fsp3) is 0.846. The number of anilines is 1. The highest BCUT2D eigenvalue weighted by Crippen LogP contribution is 2.33. The van der Waals surface area contributed by atoms with Crippen molar-refractivity contribution in [3.05, 3.63) is 4.77 Å². The molecular formula is C13H23N5S. The second-order valence-electron chi connectivity index (χ2n) is 5.94. The van der Waals surface area contributed by atoms with Crippen LogP contribution in [-0.4, -0.2) is 52.4 Å². The summed E-state index contributed by atoms with van der Waals surface area (Å²) in [6.07, 6.45) is 5.11. The van der Waals surface area contributed by atoms with Crippen molar-refractivity contribution in [3.63, 3.8) is 0 Å². The Morgan fingerprint density at radius 2 is 2.00 bits per heavy atom. The van der Waals surface area contributed by atoms with E-state index in [4.69, 9.17) is 12.2 Å². The first-order valence-corrected chi connectivity index (χ1v) is 7.69. The van der Waals surface area contributed by atoms with Crippen molar-refractivity contribution in [3.8, 4) is 0 Å². The van der Waals surface area contributed by atoms with Gasteiger partial charge in [-0.15, -0.1) is 5.10 Å². The molecule has 2 heterocycles. The fourth-order valence-corrected chi connectivity index (χ4v) is 3.70. The molecule has 1 unspecified atom stereocenters. The van der Waals surface area contributed by atoms with Crippen LogP contribution in [0.1, 0.15) is 38.6 Å². The van der Waals surface area contributed by atoms with Gasteiger partial charge in [0.05, 0.1) is 0 Å². The van der Waals surface area contributed by atoms with Gasteiger partial charge in [0.25, 0.3) is 0 Å². The van der Waals surface area contributed by atoms with Gasteiger partial charge in [0.1, 0.15) is 0 Å². The van der Waals surface area contributed by atoms with Crippen LogP contribution in [0.25, 0.3) is 0 Å². The zero-order chi connectivity index (χ0) is 13.4. The molecule has 3 rings (SSSR count). The first-order chi connectivity index (χ1) is 9.16. The van der Waals surface area contributed by atoms with Gasteiger partial charge in [0.15, 0.2) is 4.77 Å². The van der Waals surface area contributed by atoms with Gasteiger partial charge in [-0.1, -0.05) is 12.8 Å². The molecule has 5 nitrogen and oxygen atoms in total. The van der Waals surface area contributed by atoms with Crippen molar-refractivity contribution < 1.29 is 0 Å². The van der Waals surface area contributed by atoms with E-state index < -0.39 is 0 Å². The summed E-state index contributed by atoms with van der Waals surface area (Å²) in [4.78, 5) is 4.78. The van der Waals surface area contributed by atoms with E-state index in [-0.39, 0.29) is 0 Å². The smallest absolute Gasteiger partial charge is 0.226 e. The number of aromatic amines is 1. The third kappa shape index (κ3) is 2.43. The molecular weight excluding hydrogens is 258 g/mol. The molecule has 6 heteroatoms. The molecule has 1 aliphatic carbocycles. The maximum atomic E-state index is 5.45. The molecule has 0 radical (unpaired) electrons. The Morgan fingerprint density at radius 1 is 1.26 bits per heavy atom. The Hall–Kier alpha value is -0.880. The van der Waals surface area contributed by atoms with Crippen LogP contribution in [0.5, 0.6) is 0 Å². The number of nitrogens with one attached hydrogen (secondary N) is 1. The fourth-order valence-electron chi connectivity index (χ4n) is 3.43. The minimum atomic E-state index is 0.490.